The van der Waals surface area contributed by atoms with E-state index in [-0.39, 0.29) is 36.0 Å². The van der Waals surface area contributed by atoms with Crippen LogP contribution in [0.1, 0.15) is 96.7 Å². The Kier molecular flexibility index (Phi) is 9.19. The minimum atomic E-state index is -3.00. The zero-order chi connectivity index (χ0) is 32.5. The number of hydrogen-bond donors (Lipinski definition) is 0. The molecule has 244 valence electrons. The maximum absolute atomic E-state index is 14.2. The van der Waals surface area contributed by atoms with Crippen LogP contribution in [0.4, 0.5) is 0 Å². The van der Waals surface area contributed by atoms with Crippen LogP contribution < -0.4 is 4.74 Å². The summed E-state index contributed by atoms with van der Waals surface area (Å²) in [7, 11) is -1.31. The average Bonchev–Trinajstić information content (AvgIpc) is 3.01. The first-order valence-corrected chi connectivity index (χ1v) is 19.3. The maximum Gasteiger partial charge on any atom is 0.399 e. The van der Waals surface area contributed by atoms with E-state index in [0.29, 0.717) is 17.2 Å². The number of carbonyl (C=O) groups is 2. The van der Waals surface area contributed by atoms with E-state index in [2.05, 4.69) is 26.8 Å². The first kappa shape index (κ1) is 32.5. The van der Waals surface area contributed by atoms with Gasteiger partial charge in [0, 0.05) is 6.04 Å². The lowest BCUT2D eigenvalue weighted by atomic mass is 9.47. The number of hydrogen-bond acceptors (Lipinski definition) is 6. The summed E-state index contributed by atoms with van der Waals surface area (Å²) in [6.07, 6.45) is 7.45. The molecule has 4 bridgehead atoms. The molecule has 0 heterocycles. The normalized spacial score (nSPS) is 24.7. The lowest BCUT2D eigenvalue weighted by Crippen LogP contribution is -2.49. The van der Waals surface area contributed by atoms with Crippen molar-refractivity contribution in [2.24, 2.45) is 23.2 Å². The molecule has 4 aliphatic carbocycles. The molecule has 1 unspecified atom stereocenters. The Morgan fingerprint density at radius 2 is 1.41 bits per heavy atom. The van der Waals surface area contributed by atoms with Gasteiger partial charge in [0.15, 0.2) is 0 Å². The van der Waals surface area contributed by atoms with Gasteiger partial charge < -0.3 is 18.3 Å². The third-order valence-electron chi connectivity index (χ3n) is 10.2. The first-order valence-electron chi connectivity index (χ1n) is 16.8. The van der Waals surface area contributed by atoms with Crippen LogP contribution in [0.5, 0.6) is 5.75 Å². The summed E-state index contributed by atoms with van der Waals surface area (Å²) < 4.78 is 24.2. The van der Waals surface area contributed by atoms with E-state index >= 15 is 0 Å². The van der Waals surface area contributed by atoms with Crippen LogP contribution in [-0.2, 0) is 32.2 Å². The molecule has 3 aromatic carbocycles. The lowest BCUT2D eigenvalue weighted by Gasteiger charge is -2.57. The number of carbonyl (C=O) groups excluding carboxylic acids is 2. The Morgan fingerprint density at radius 1 is 0.804 bits per heavy atom. The van der Waals surface area contributed by atoms with Crippen molar-refractivity contribution >= 4 is 20.5 Å². The Bertz CT molecular complexity index is 1510. The standard InChI is InChI=1S/C39H48O6Si/c1-38(2,3)26-46(5,44-25-28-11-13-32(14-12-28)36(40)43-24-27-9-7-6-8-10-27)45-37(41)34-16-15-33(42-4)20-35(34)39-21-29-17-30(22-39)19-31(18-29)23-39/h6-16,20,29-31H,17-19,21-26H2,1-5H3. The molecule has 0 spiro atoms. The molecule has 1 atom stereocenters. The summed E-state index contributed by atoms with van der Waals surface area (Å²) in [6, 6.07) is 23.5. The number of esters is 1. The van der Waals surface area contributed by atoms with Crippen LogP contribution >= 0.6 is 0 Å². The van der Waals surface area contributed by atoms with Crippen molar-refractivity contribution in [2.75, 3.05) is 7.11 Å². The quantitative estimate of drug-likeness (QED) is 0.154. The van der Waals surface area contributed by atoms with Crippen LogP contribution in [0.2, 0.25) is 12.6 Å². The SMILES string of the molecule is COc1ccc(C(=O)O[Si](C)(CC(C)(C)C)OCc2ccc(C(=O)OCc3ccccc3)cc2)c(C23CC4CC(CC(C4)C2)C3)c1. The van der Waals surface area contributed by atoms with Gasteiger partial charge in [0.1, 0.15) is 12.4 Å². The fourth-order valence-electron chi connectivity index (χ4n) is 8.82. The zero-order valence-corrected chi connectivity index (χ0v) is 29.0. The fourth-order valence-corrected chi connectivity index (χ4v) is 12.0. The second-order valence-electron chi connectivity index (χ2n) is 15.4. The molecule has 3 aromatic rings. The highest BCUT2D eigenvalue weighted by Crippen LogP contribution is 2.61. The van der Waals surface area contributed by atoms with Gasteiger partial charge in [-0.2, -0.15) is 0 Å². The number of rotatable bonds is 11. The van der Waals surface area contributed by atoms with Gasteiger partial charge in [0.2, 0.25) is 0 Å². The molecule has 46 heavy (non-hydrogen) atoms. The molecule has 7 rings (SSSR count). The molecule has 0 aromatic heterocycles. The van der Waals surface area contributed by atoms with Gasteiger partial charge in [-0.05, 0) is 121 Å². The van der Waals surface area contributed by atoms with Gasteiger partial charge in [0.05, 0.1) is 24.8 Å². The first-order chi connectivity index (χ1) is 21.9. The Balaban J connectivity index is 1.17. The van der Waals surface area contributed by atoms with E-state index < -0.39 is 8.56 Å². The fraction of sp³-hybridized carbons (Fsp3) is 0.487. The van der Waals surface area contributed by atoms with Gasteiger partial charge in [-0.25, -0.2) is 9.59 Å². The molecule has 0 N–H and O–H groups in total. The van der Waals surface area contributed by atoms with E-state index in [0.717, 1.165) is 59.5 Å². The predicted molar refractivity (Wildman–Crippen MR) is 181 cm³/mol. The zero-order valence-electron chi connectivity index (χ0n) is 28.0. The summed E-state index contributed by atoms with van der Waals surface area (Å²) in [5, 5.41) is 0. The minimum absolute atomic E-state index is 0.0183. The number of ether oxygens (including phenoxy) is 2. The van der Waals surface area contributed by atoms with Crippen molar-refractivity contribution in [2.45, 2.75) is 90.5 Å². The molecule has 0 saturated heterocycles. The summed E-state index contributed by atoms with van der Waals surface area (Å²) in [4.78, 5) is 26.8. The molecule has 0 radical (unpaired) electrons. The number of methoxy groups -OCH3 is 1. The molecule has 7 heteroatoms. The molecule has 4 aliphatic rings. The van der Waals surface area contributed by atoms with Gasteiger partial charge in [0.25, 0.3) is 0 Å². The van der Waals surface area contributed by atoms with Crippen LogP contribution in [0.25, 0.3) is 0 Å². The topological polar surface area (TPSA) is 71.1 Å². The van der Waals surface area contributed by atoms with Crippen LogP contribution in [0.15, 0.2) is 72.8 Å². The Hall–Kier alpha value is -3.42. The molecular formula is C39H48O6Si. The summed E-state index contributed by atoms with van der Waals surface area (Å²) in [6.45, 7) is 8.97. The highest BCUT2D eigenvalue weighted by molar-refractivity contribution is 6.68. The average molecular weight is 641 g/mol. The third kappa shape index (κ3) is 7.42. The van der Waals surface area contributed by atoms with Crippen LogP contribution in [0, 0.1) is 23.2 Å². The predicted octanol–water partition coefficient (Wildman–Crippen LogP) is 9.01. The van der Waals surface area contributed by atoms with Crippen LogP contribution in [-0.4, -0.2) is 27.6 Å². The van der Waals surface area contributed by atoms with Crippen molar-refractivity contribution in [1.82, 2.24) is 0 Å². The van der Waals surface area contributed by atoms with E-state index in [9.17, 15) is 9.59 Å². The van der Waals surface area contributed by atoms with Crippen molar-refractivity contribution < 1.29 is 27.9 Å². The molecule has 4 fully saturated rings. The Morgan fingerprint density at radius 3 is 2.00 bits per heavy atom. The van der Waals surface area contributed by atoms with E-state index in [1.807, 2.05) is 61.1 Å². The molecule has 0 amide bonds. The highest BCUT2D eigenvalue weighted by atomic mass is 28.4. The third-order valence-corrected chi connectivity index (χ3v) is 13.2. The van der Waals surface area contributed by atoms with Crippen LogP contribution in [0.3, 0.4) is 0 Å². The van der Waals surface area contributed by atoms with Crippen molar-refractivity contribution in [3.8, 4) is 5.75 Å². The van der Waals surface area contributed by atoms with E-state index in [4.69, 9.17) is 18.3 Å². The van der Waals surface area contributed by atoms with E-state index in [1.165, 1.54) is 19.3 Å². The van der Waals surface area contributed by atoms with Crippen molar-refractivity contribution in [3.63, 3.8) is 0 Å². The molecule has 0 aliphatic heterocycles. The molecule has 6 nitrogen and oxygen atoms in total. The van der Waals surface area contributed by atoms with Gasteiger partial charge in [-0.15, -0.1) is 0 Å². The highest BCUT2D eigenvalue weighted by Gasteiger charge is 2.53. The summed E-state index contributed by atoms with van der Waals surface area (Å²) in [5.41, 5.74) is 4.02. The second kappa shape index (κ2) is 13.0. The summed E-state index contributed by atoms with van der Waals surface area (Å²) >= 11 is 0. The molecule has 4 saturated carbocycles. The summed E-state index contributed by atoms with van der Waals surface area (Å²) in [5.74, 6) is 2.39. The Labute approximate surface area is 275 Å². The monoisotopic (exact) mass is 640 g/mol. The smallest absolute Gasteiger partial charge is 0.399 e. The lowest BCUT2D eigenvalue weighted by molar-refractivity contribution is -0.00595. The van der Waals surface area contributed by atoms with Crippen molar-refractivity contribution in [3.05, 3.63) is 101 Å². The molecular weight excluding hydrogens is 593 g/mol. The van der Waals surface area contributed by atoms with E-state index in [1.54, 1.807) is 19.2 Å². The van der Waals surface area contributed by atoms with Crippen molar-refractivity contribution in [1.29, 1.82) is 0 Å². The van der Waals surface area contributed by atoms with Gasteiger partial charge in [-0.3, -0.25) is 0 Å². The van der Waals surface area contributed by atoms with Gasteiger partial charge >= 0.3 is 20.5 Å². The van der Waals surface area contributed by atoms with Gasteiger partial charge in [-0.1, -0.05) is 63.2 Å². The minimum Gasteiger partial charge on any atom is -0.497 e. The largest absolute Gasteiger partial charge is 0.497 e. The number of benzene rings is 3. The second-order valence-corrected chi connectivity index (χ2v) is 18.5. The maximum atomic E-state index is 14.2.